The molecule has 0 atom stereocenters. The van der Waals surface area contributed by atoms with Crippen LogP contribution in [-0.4, -0.2) is 4.57 Å². The Morgan fingerprint density at radius 3 is 0.923 bits per heavy atom. The fraction of sp³-hybridized carbons (Fsp3) is 0.940. The zero-order valence-corrected chi connectivity index (χ0v) is 36.7. The molecule has 0 aromatic carbocycles. The van der Waals surface area contributed by atoms with Gasteiger partial charge >= 0.3 is 0 Å². The minimum absolute atomic E-state index is 1.23. The summed E-state index contributed by atoms with van der Waals surface area (Å²) < 4.78 is 5.31. The van der Waals surface area contributed by atoms with Gasteiger partial charge in [-0.05, 0) is 32.1 Å². The summed E-state index contributed by atoms with van der Waals surface area (Å²) in [6.45, 7) is 9.42. The van der Waals surface area contributed by atoms with Crippen LogP contribution in [0.2, 0.25) is 0 Å². The molecule has 1 aromatic rings. The Balaban J connectivity index is 2.23. The van der Waals surface area contributed by atoms with E-state index >= 15 is 0 Å². The van der Waals surface area contributed by atoms with Gasteiger partial charge in [-0.15, -0.1) is 0 Å². The van der Waals surface area contributed by atoms with Gasteiger partial charge in [0.25, 0.3) is 5.82 Å². The quantitative estimate of drug-likeness (QED) is 0.0467. The van der Waals surface area contributed by atoms with Crippen molar-refractivity contribution in [2.24, 2.45) is 0 Å². The first-order chi connectivity index (χ1) is 25.8. The van der Waals surface area contributed by atoms with Crippen molar-refractivity contribution in [2.45, 2.75) is 304 Å². The summed E-state index contributed by atoms with van der Waals surface area (Å²) in [7, 11) is 0. The van der Waals surface area contributed by atoms with Crippen molar-refractivity contribution in [3.05, 3.63) is 18.2 Å². The van der Waals surface area contributed by atoms with Crippen molar-refractivity contribution in [2.75, 3.05) is 0 Å². The van der Waals surface area contributed by atoms with Gasteiger partial charge in [-0.2, -0.15) is 0 Å². The summed E-state index contributed by atoms with van der Waals surface area (Å²) in [6.07, 6.45) is 65.3. The molecule has 0 N–H and O–H groups in total. The van der Waals surface area contributed by atoms with E-state index in [1.54, 1.807) is 5.82 Å². The number of nitrogens with zero attached hydrogens (tertiary/aromatic N) is 2. The van der Waals surface area contributed by atoms with Gasteiger partial charge in [0.05, 0.1) is 13.1 Å². The normalized spacial score (nSPS) is 11.7. The fourth-order valence-electron chi connectivity index (χ4n) is 8.45. The zero-order valence-electron chi connectivity index (χ0n) is 36.7. The van der Waals surface area contributed by atoms with E-state index in [1.807, 2.05) is 0 Å². The van der Waals surface area contributed by atoms with Gasteiger partial charge in [-0.3, -0.25) is 0 Å². The molecule has 0 amide bonds. The lowest BCUT2D eigenvalue weighted by Gasteiger charge is -2.07. The Bertz CT molecular complexity index is 796. The molecule has 0 aliphatic rings. The number of hydrogen-bond acceptors (Lipinski definition) is 0. The second kappa shape index (κ2) is 41.4. The lowest BCUT2D eigenvalue weighted by molar-refractivity contribution is -0.704. The summed E-state index contributed by atoms with van der Waals surface area (Å²) in [5.74, 6) is 1.63. The van der Waals surface area contributed by atoms with Crippen LogP contribution in [0, 0.1) is 0 Å². The number of hydrogen-bond donors (Lipinski definition) is 0. The van der Waals surface area contributed by atoms with Crippen molar-refractivity contribution in [1.29, 1.82) is 0 Å². The van der Waals surface area contributed by atoms with Crippen LogP contribution in [0.3, 0.4) is 0 Å². The molecule has 0 bridgehead atoms. The largest absolute Gasteiger partial charge is 0.256 e. The summed E-state index contributed by atoms with van der Waals surface area (Å²) in [6, 6.07) is 0. The molecule has 0 saturated carbocycles. The standard InChI is InChI=1S/C50H99N2/c1-4-7-10-13-16-19-22-24-26-27-28-30-32-35-38-41-44-47-52-49-48-51(46-43-40-37-34-21-18-15-12-9-6-3)50(52)45-42-39-36-33-31-29-25-23-20-17-14-11-8-5-2/h48-49H,4-47H2,1-3H3/q+1. The summed E-state index contributed by atoms with van der Waals surface area (Å²) in [5.41, 5.74) is 0. The van der Waals surface area contributed by atoms with E-state index in [2.05, 4.69) is 42.3 Å². The van der Waals surface area contributed by atoms with Crippen LogP contribution in [0.1, 0.15) is 290 Å². The third-order valence-electron chi connectivity index (χ3n) is 12.1. The predicted molar refractivity (Wildman–Crippen MR) is 235 cm³/mol. The van der Waals surface area contributed by atoms with Crippen molar-refractivity contribution in [3.63, 3.8) is 0 Å². The highest BCUT2D eigenvalue weighted by Crippen LogP contribution is 2.17. The Morgan fingerprint density at radius 1 is 0.327 bits per heavy atom. The smallest absolute Gasteiger partial charge is 0.234 e. The highest BCUT2D eigenvalue weighted by atomic mass is 15.1. The molecule has 52 heavy (non-hydrogen) atoms. The van der Waals surface area contributed by atoms with E-state index in [1.165, 1.54) is 283 Å². The van der Waals surface area contributed by atoms with Crippen molar-refractivity contribution in [3.8, 4) is 0 Å². The van der Waals surface area contributed by atoms with Gasteiger partial charge in [0, 0.05) is 6.42 Å². The summed E-state index contributed by atoms with van der Waals surface area (Å²) in [5, 5.41) is 0. The maximum Gasteiger partial charge on any atom is 0.256 e. The summed E-state index contributed by atoms with van der Waals surface area (Å²) >= 11 is 0. The highest BCUT2D eigenvalue weighted by molar-refractivity contribution is 4.84. The maximum atomic E-state index is 2.66. The second-order valence-corrected chi connectivity index (χ2v) is 17.3. The minimum Gasteiger partial charge on any atom is -0.234 e. The topological polar surface area (TPSA) is 8.81 Å². The number of unbranched alkanes of at least 4 members (excludes halogenated alkanes) is 38. The van der Waals surface area contributed by atoms with Gasteiger partial charge in [0.2, 0.25) is 0 Å². The maximum absolute atomic E-state index is 2.66. The Kier molecular flexibility index (Phi) is 39.2. The highest BCUT2D eigenvalue weighted by Gasteiger charge is 2.16. The molecule has 2 nitrogen and oxygen atoms in total. The van der Waals surface area contributed by atoms with E-state index in [0.29, 0.717) is 0 Å². The number of imidazole rings is 1. The molecule has 308 valence electrons. The minimum atomic E-state index is 1.23. The fourth-order valence-corrected chi connectivity index (χ4v) is 8.45. The lowest BCUT2D eigenvalue weighted by Crippen LogP contribution is -2.37. The van der Waals surface area contributed by atoms with Gasteiger partial charge in [-0.1, -0.05) is 252 Å². The van der Waals surface area contributed by atoms with E-state index < -0.39 is 0 Å². The molecule has 1 heterocycles. The molecule has 0 aliphatic carbocycles. The average molecular weight is 728 g/mol. The first kappa shape index (κ1) is 49.2. The summed E-state index contributed by atoms with van der Waals surface area (Å²) in [4.78, 5) is 0. The van der Waals surface area contributed by atoms with Crippen LogP contribution in [-0.2, 0) is 19.5 Å². The number of aryl methyl sites for hydroxylation is 2. The molecule has 0 unspecified atom stereocenters. The predicted octanol–water partition coefficient (Wildman–Crippen LogP) is 17.4. The van der Waals surface area contributed by atoms with Crippen molar-refractivity contribution >= 4 is 0 Å². The lowest BCUT2D eigenvalue weighted by atomic mass is 10.0. The molecular formula is C50H99N2+. The second-order valence-electron chi connectivity index (χ2n) is 17.3. The first-order valence-electron chi connectivity index (χ1n) is 24.9. The van der Waals surface area contributed by atoms with Crippen LogP contribution in [0.25, 0.3) is 0 Å². The van der Waals surface area contributed by atoms with Gasteiger partial charge in [0.15, 0.2) is 0 Å². The van der Waals surface area contributed by atoms with E-state index in [4.69, 9.17) is 0 Å². The van der Waals surface area contributed by atoms with Crippen LogP contribution in [0.15, 0.2) is 12.4 Å². The van der Waals surface area contributed by atoms with Crippen LogP contribution in [0.5, 0.6) is 0 Å². The molecule has 1 rings (SSSR count). The molecule has 0 spiro atoms. The van der Waals surface area contributed by atoms with Crippen LogP contribution >= 0.6 is 0 Å². The van der Waals surface area contributed by atoms with Crippen LogP contribution in [0.4, 0.5) is 0 Å². The molecule has 0 radical (unpaired) electrons. The van der Waals surface area contributed by atoms with E-state index in [0.717, 1.165) is 0 Å². The molecule has 1 aromatic heterocycles. The third kappa shape index (κ3) is 32.6. The van der Waals surface area contributed by atoms with E-state index in [9.17, 15) is 0 Å². The molecule has 0 aliphatic heterocycles. The monoisotopic (exact) mass is 728 g/mol. The molecule has 0 saturated heterocycles. The third-order valence-corrected chi connectivity index (χ3v) is 12.1. The van der Waals surface area contributed by atoms with Crippen molar-refractivity contribution < 1.29 is 4.57 Å². The average Bonchev–Trinajstić information content (AvgIpc) is 3.54. The Morgan fingerprint density at radius 2 is 0.596 bits per heavy atom. The van der Waals surface area contributed by atoms with Gasteiger partial charge < -0.3 is 0 Å². The van der Waals surface area contributed by atoms with Gasteiger partial charge in [0.1, 0.15) is 12.4 Å². The molecular weight excluding hydrogens is 629 g/mol. The van der Waals surface area contributed by atoms with Gasteiger partial charge in [-0.25, -0.2) is 9.13 Å². The SMILES string of the molecule is CCCCCCCCCCCCCCCCCCCn1cc[n+](CCCCCCCCCCCC)c1CCCCCCCCCCCCCCCC. The molecule has 0 fully saturated rings. The number of rotatable bonds is 44. The zero-order chi connectivity index (χ0) is 37.3. The Labute approximate surface area is 329 Å². The Hall–Kier alpha value is -0.790. The first-order valence-corrected chi connectivity index (χ1v) is 24.9. The number of aromatic nitrogens is 2. The van der Waals surface area contributed by atoms with Crippen LogP contribution < -0.4 is 4.57 Å². The van der Waals surface area contributed by atoms with Crippen molar-refractivity contribution in [1.82, 2.24) is 4.57 Å². The molecule has 2 heteroatoms. The van der Waals surface area contributed by atoms with E-state index in [-0.39, 0.29) is 0 Å².